The van der Waals surface area contributed by atoms with Crippen LogP contribution in [0.1, 0.15) is 23.3 Å². The molecular formula is C12H17NO2S. The van der Waals surface area contributed by atoms with Crippen molar-refractivity contribution in [1.82, 2.24) is 4.90 Å². The zero-order valence-corrected chi connectivity index (χ0v) is 10.3. The van der Waals surface area contributed by atoms with Crippen LogP contribution in [0.5, 0.6) is 0 Å². The molecule has 2 heterocycles. The zero-order valence-electron chi connectivity index (χ0n) is 9.48. The van der Waals surface area contributed by atoms with E-state index in [2.05, 4.69) is 23.3 Å². The van der Waals surface area contributed by atoms with Crippen molar-refractivity contribution in [2.75, 3.05) is 13.1 Å². The minimum atomic E-state index is -0.667. The summed E-state index contributed by atoms with van der Waals surface area (Å²) in [7, 11) is 0. The molecule has 88 valence electrons. The molecule has 0 bridgehead atoms. The highest BCUT2D eigenvalue weighted by Crippen LogP contribution is 2.24. The third kappa shape index (κ3) is 2.83. The summed E-state index contributed by atoms with van der Waals surface area (Å²) in [6, 6.07) is 2.14. The minimum Gasteiger partial charge on any atom is -0.481 e. The van der Waals surface area contributed by atoms with Gasteiger partial charge in [0.25, 0.3) is 0 Å². The predicted octanol–water partition coefficient (Wildman–Crippen LogP) is 2.35. The van der Waals surface area contributed by atoms with Crippen LogP contribution in [-0.4, -0.2) is 29.1 Å². The number of aryl methyl sites for hydroxylation is 1. The van der Waals surface area contributed by atoms with Gasteiger partial charge in [0.2, 0.25) is 0 Å². The monoisotopic (exact) mass is 239 g/mol. The Morgan fingerprint density at radius 3 is 3.12 bits per heavy atom. The van der Waals surface area contributed by atoms with E-state index in [4.69, 9.17) is 5.11 Å². The minimum absolute atomic E-state index is 0.319. The standard InChI is InChI=1S/C12H17NO2S/c1-9-3-5-16-11(9)8-13-4-2-10(7-13)6-12(14)15/h3,5,10H,2,4,6-8H2,1H3,(H,14,15). The number of carbonyl (C=O) groups is 1. The lowest BCUT2D eigenvalue weighted by Gasteiger charge is -2.15. The fraction of sp³-hybridized carbons (Fsp3) is 0.583. The van der Waals surface area contributed by atoms with E-state index in [1.54, 1.807) is 11.3 Å². The van der Waals surface area contributed by atoms with Crippen LogP contribution in [0.2, 0.25) is 0 Å². The van der Waals surface area contributed by atoms with Crippen LogP contribution in [0.15, 0.2) is 11.4 Å². The summed E-state index contributed by atoms with van der Waals surface area (Å²) in [5.41, 5.74) is 1.35. The van der Waals surface area contributed by atoms with E-state index in [0.717, 1.165) is 26.1 Å². The number of nitrogens with zero attached hydrogens (tertiary/aromatic N) is 1. The number of carboxylic acids is 1. The molecule has 1 aromatic heterocycles. The van der Waals surface area contributed by atoms with Crippen molar-refractivity contribution < 1.29 is 9.90 Å². The molecule has 3 nitrogen and oxygen atoms in total. The Hall–Kier alpha value is -0.870. The lowest BCUT2D eigenvalue weighted by atomic mass is 10.1. The third-order valence-electron chi connectivity index (χ3n) is 3.17. The van der Waals surface area contributed by atoms with Gasteiger partial charge in [-0.05, 0) is 42.8 Å². The molecule has 1 aliphatic heterocycles. The van der Waals surface area contributed by atoms with Gasteiger partial charge in [-0.3, -0.25) is 9.69 Å². The molecule has 2 rings (SSSR count). The van der Waals surface area contributed by atoms with E-state index >= 15 is 0 Å². The van der Waals surface area contributed by atoms with Gasteiger partial charge < -0.3 is 5.11 Å². The normalized spacial score (nSPS) is 21.4. The van der Waals surface area contributed by atoms with Crippen molar-refractivity contribution in [3.8, 4) is 0 Å². The van der Waals surface area contributed by atoms with E-state index in [1.165, 1.54) is 10.4 Å². The first-order valence-corrected chi connectivity index (χ1v) is 6.50. The molecule has 1 N–H and O–H groups in total. The number of likely N-dealkylation sites (tertiary alicyclic amines) is 1. The van der Waals surface area contributed by atoms with Crippen molar-refractivity contribution in [3.63, 3.8) is 0 Å². The fourth-order valence-electron chi connectivity index (χ4n) is 2.24. The first-order valence-electron chi connectivity index (χ1n) is 5.62. The van der Waals surface area contributed by atoms with Gasteiger partial charge in [0.15, 0.2) is 0 Å². The number of hydrogen-bond donors (Lipinski definition) is 1. The first-order chi connectivity index (χ1) is 7.65. The average Bonchev–Trinajstić information content (AvgIpc) is 2.77. The van der Waals surface area contributed by atoms with Crippen molar-refractivity contribution in [1.29, 1.82) is 0 Å². The van der Waals surface area contributed by atoms with Crippen molar-refractivity contribution in [3.05, 3.63) is 21.9 Å². The number of carboxylic acid groups (broad SMARTS) is 1. The van der Waals surface area contributed by atoms with Crippen LogP contribution in [-0.2, 0) is 11.3 Å². The second kappa shape index (κ2) is 4.97. The van der Waals surface area contributed by atoms with Crippen molar-refractivity contribution >= 4 is 17.3 Å². The Bertz CT molecular complexity index is 375. The molecule has 0 saturated carbocycles. The average molecular weight is 239 g/mol. The van der Waals surface area contributed by atoms with E-state index in [1.807, 2.05) is 0 Å². The Kier molecular flexibility index (Phi) is 3.61. The predicted molar refractivity (Wildman–Crippen MR) is 64.7 cm³/mol. The maximum atomic E-state index is 10.6. The summed E-state index contributed by atoms with van der Waals surface area (Å²) >= 11 is 1.79. The smallest absolute Gasteiger partial charge is 0.303 e. The van der Waals surface area contributed by atoms with Gasteiger partial charge in [0.05, 0.1) is 0 Å². The van der Waals surface area contributed by atoms with Crippen LogP contribution in [0.25, 0.3) is 0 Å². The maximum absolute atomic E-state index is 10.6. The van der Waals surface area contributed by atoms with Crippen LogP contribution in [0.3, 0.4) is 0 Å². The molecule has 0 amide bonds. The molecule has 1 atom stereocenters. The lowest BCUT2D eigenvalue weighted by Crippen LogP contribution is -2.20. The van der Waals surface area contributed by atoms with Gasteiger partial charge >= 0.3 is 5.97 Å². The molecule has 1 aliphatic rings. The summed E-state index contributed by atoms with van der Waals surface area (Å²) in [5, 5.41) is 10.9. The summed E-state index contributed by atoms with van der Waals surface area (Å²) < 4.78 is 0. The Morgan fingerprint density at radius 1 is 1.69 bits per heavy atom. The lowest BCUT2D eigenvalue weighted by molar-refractivity contribution is -0.138. The fourth-order valence-corrected chi connectivity index (χ4v) is 3.19. The SMILES string of the molecule is Cc1ccsc1CN1CCC(CC(=O)O)C1. The Balaban J connectivity index is 1.85. The largest absolute Gasteiger partial charge is 0.481 e. The quantitative estimate of drug-likeness (QED) is 0.877. The molecular weight excluding hydrogens is 222 g/mol. The van der Waals surface area contributed by atoms with Crippen LogP contribution in [0, 0.1) is 12.8 Å². The molecule has 1 fully saturated rings. The van der Waals surface area contributed by atoms with Gasteiger partial charge in [0, 0.05) is 24.4 Å². The van der Waals surface area contributed by atoms with E-state index in [9.17, 15) is 4.79 Å². The summed E-state index contributed by atoms with van der Waals surface area (Å²) in [4.78, 5) is 14.4. The van der Waals surface area contributed by atoms with Crippen LogP contribution < -0.4 is 0 Å². The highest BCUT2D eigenvalue weighted by molar-refractivity contribution is 7.10. The molecule has 0 aliphatic carbocycles. The highest BCUT2D eigenvalue weighted by atomic mass is 32.1. The van der Waals surface area contributed by atoms with Gasteiger partial charge in [-0.25, -0.2) is 0 Å². The Morgan fingerprint density at radius 2 is 2.50 bits per heavy atom. The third-order valence-corrected chi connectivity index (χ3v) is 4.18. The first kappa shape index (κ1) is 11.6. The van der Waals surface area contributed by atoms with E-state index < -0.39 is 5.97 Å². The number of aliphatic carboxylic acids is 1. The summed E-state index contributed by atoms with van der Waals surface area (Å²) in [5.74, 6) is -0.322. The molecule has 1 saturated heterocycles. The van der Waals surface area contributed by atoms with Gasteiger partial charge in [-0.2, -0.15) is 0 Å². The second-order valence-corrected chi connectivity index (χ2v) is 5.52. The molecule has 1 unspecified atom stereocenters. The Labute approximate surface area is 99.7 Å². The second-order valence-electron chi connectivity index (χ2n) is 4.51. The molecule has 1 aromatic rings. The van der Waals surface area contributed by atoms with Gasteiger partial charge in [-0.15, -0.1) is 11.3 Å². The number of rotatable bonds is 4. The molecule has 0 aromatic carbocycles. The maximum Gasteiger partial charge on any atom is 0.303 e. The topological polar surface area (TPSA) is 40.5 Å². The van der Waals surface area contributed by atoms with Gasteiger partial charge in [-0.1, -0.05) is 0 Å². The highest BCUT2D eigenvalue weighted by Gasteiger charge is 2.24. The van der Waals surface area contributed by atoms with Crippen molar-refractivity contribution in [2.45, 2.75) is 26.3 Å². The molecule has 4 heteroatoms. The summed E-state index contributed by atoms with van der Waals surface area (Å²) in [6.07, 6.45) is 1.34. The van der Waals surface area contributed by atoms with Gasteiger partial charge in [0.1, 0.15) is 0 Å². The molecule has 0 spiro atoms. The zero-order chi connectivity index (χ0) is 11.5. The van der Waals surface area contributed by atoms with Crippen LogP contribution >= 0.6 is 11.3 Å². The molecule has 0 radical (unpaired) electrons. The molecule has 16 heavy (non-hydrogen) atoms. The van der Waals surface area contributed by atoms with E-state index in [0.29, 0.717) is 12.3 Å². The van der Waals surface area contributed by atoms with E-state index in [-0.39, 0.29) is 0 Å². The van der Waals surface area contributed by atoms with Crippen LogP contribution in [0.4, 0.5) is 0 Å². The van der Waals surface area contributed by atoms with Crippen molar-refractivity contribution in [2.24, 2.45) is 5.92 Å². The summed E-state index contributed by atoms with van der Waals surface area (Å²) in [6.45, 7) is 5.09. The number of hydrogen-bond acceptors (Lipinski definition) is 3. The number of thiophene rings is 1.